The molecule has 1 aliphatic rings. The van der Waals surface area contributed by atoms with Gasteiger partial charge in [-0.05, 0) is 80.8 Å². The van der Waals surface area contributed by atoms with E-state index in [0.717, 1.165) is 59.4 Å². The number of ether oxygens (including phenoxy) is 2. The summed E-state index contributed by atoms with van der Waals surface area (Å²) < 4.78 is 17.0. The number of benzene rings is 1. The van der Waals surface area contributed by atoms with E-state index in [2.05, 4.69) is 5.32 Å². The number of aryl methyl sites for hydroxylation is 3. The van der Waals surface area contributed by atoms with Gasteiger partial charge in [-0.3, -0.25) is 4.79 Å². The SMILES string of the molecule is CCCOC(=O)c1c(NC(=O)c2ccc(COc3cc(C)ccc3C)o2)sc2c1CCCC2. The molecule has 4 rings (SSSR count). The highest BCUT2D eigenvalue weighted by Gasteiger charge is 2.28. The van der Waals surface area contributed by atoms with Gasteiger partial charge in [0, 0.05) is 4.88 Å². The highest BCUT2D eigenvalue weighted by atomic mass is 32.1. The number of hydrogen-bond donors (Lipinski definition) is 1. The minimum atomic E-state index is -0.392. The summed E-state index contributed by atoms with van der Waals surface area (Å²) in [7, 11) is 0. The Labute approximate surface area is 197 Å². The molecule has 1 aliphatic carbocycles. The lowest BCUT2D eigenvalue weighted by atomic mass is 9.95. The van der Waals surface area contributed by atoms with Crippen LogP contribution in [0.25, 0.3) is 0 Å². The van der Waals surface area contributed by atoms with E-state index in [0.29, 0.717) is 22.9 Å². The smallest absolute Gasteiger partial charge is 0.341 e. The monoisotopic (exact) mass is 467 g/mol. The molecule has 1 N–H and O–H groups in total. The second-order valence-corrected chi connectivity index (χ2v) is 9.43. The van der Waals surface area contributed by atoms with Crippen molar-refractivity contribution >= 4 is 28.2 Å². The Kier molecular flexibility index (Phi) is 7.18. The van der Waals surface area contributed by atoms with Crippen molar-refractivity contribution in [2.24, 2.45) is 0 Å². The molecule has 2 heterocycles. The molecule has 0 bridgehead atoms. The van der Waals surface area contributed by atoms with E-state index in [1.165, 1.54) is 11.3 Å². The van der Waals surface area contributed by atoms with Crippen molar-refractivity contribution in [2.75, 3.05) is 11.9 Å². The molecule has 1 amide bonds. The lowest BCUT2D eigenvalue weighted by Crippen LogP contribution is -2.15. The van der Waals surface area contributed by atoms with E-state index in [9.17, 15) is 9.59 Å². The van der Waals surface area contributed by atoms with Gasteiger partial charge in [0.25, 0.3) is 5.91 Å². The summed E-state index contributed by atoms with van der Waals surface area (Å²) in [6.07, 6.45) is 4.63. The molecule has 0 saturated heterocycles. The number of amides is 1. The second kappa shape index (κ2) is 10.3. The Hall–Kier alpha value is -3.06. The Morgan fingerprint density at radius 1 is 1.12 bits per heavy atom. The van der Waals surface area contributed by atoms with E-state index in [4.69, 9.17) is 13.9 Å². The summed E-state index contributed by atoms with van der Waals surface area (Å²) in [5, 5.41) is 3.43. The van der Waals surface area contributed by atoms with Crippen molar-refractivity contribution in [3.63, 3.8) is 0 Å². The van der Waals surface area contributed by atoms with Gasteiger partial charge < -0.3 is 19.2 Å². The fourth-order valence-corrected chi connectivity index (χ4v) is 5.16. The highest BCUT2D eigenvalue weighted by Crippen LogP contribution is 2.39. The molecule has 7 heteroatoms. The number of furan rings is 1. The lowest BCUT2D eigenvalue weighted by Gasteiger charge is -2.12. The predicted octanol–water partition coefficient (Wildman–Crippen LogP) is 6.23. The molecule has 0 aliphatic heterocycles. The number of fused-ring (bicyclic) bond motifs is 1. The Morgan fingerprint density at radius 2 is 1.94 bits per heavy atom. The molecule has 1 aromatic carbocycles. The van der Waals surface area contributed by atoms with Gasteiger partial charge in [-0.25, -0.2) is 4.79 Å². The fraction of sp³-hybridized carbons (Fsp3) is 0.385. The third-order valence-electron chi connectivity index (χ3n) is 5.64. The normalized spacial score (nSPS) is 12.8. The van der Waals surface area contributed by atoms with E-state index < -0.39 is 5.91 Å². The van der Waals surface area contributed by atoms with Crippen LogP contribution in [-0.2, 0) is 24.2 Å². The number of hydrogen-bond acceptors (Lipinski definition) is 6. The highest BCUT2D eigenvalue weighted by molar-refractivity contribution is 7.17. The number of nitrogens with one attached hydrogen (secondary N) is 1. The molecule has 6 nitrogen and oxygen atoms in total. The molecule has 0 atom stereocenters. The zero-order chi connectivity index (χ0) is 23.4. The van der Waals surface area contributed by atoms with Crippen LogP contribution in [0.4, 0.5) is 5.00 Å². The largest absolute Gasteiger partial charge is 0.485 e. The standard InChI is InChI=1S/C26H29NO5S/c1-4-13-30-26(29)23-19-7-5-6-8-22(19)33-25(23)27-24(28)20-12-11-18(32-20)15-31-21-14-16(2)9-10-17(21)3/h9-12,14H,4-8,13,15H2,1-3H3,(H,27,28). The van der Waals surface area contributed by atoms with Crippen LogP contribution in [0.3, 0.4) is 0 Å². The van der Waals surface area contributed by atoms with Crippen LogP contribution in [0.15, 0.2) is 34.7 Å². The summed E-state index contributed by atoms with van der Waals surface area (Å²) >= 11 is 1.46. The van der Waals surface area contributed by atoms with E-state index in [-0.39, 0.29) is 18.3 Å². The fourth-order valence-electron chi connectivity index (χ4n) is 3.89. The first kappa shape index (κ1) is 23.1. The molecule has 0 spiro atoms. The van der Waals surface area contributed by atoms with Crippen LogP contribution >= 0.6 is 11.3 Å². The zero-order valence-electron chi connectivity index (χ0n) is 19.3. The van der Waals surface area contributed by atoms with Crippen molar-refractivity contribution in [3.8, 4) is 5.75 Å². The predicted molar refractivity (Wildman–Crippen MR) is 128 cm³/mol. The average molecular weight is 468 g/mol. The zero-order valence-corrected chi connectivity index (χ0v) is 20.1. The first-order valence-electron chi connectivity index (χ1n) is 11.4. The van der Waals surface area contributed by atoms with Crippen molar-refractivity contribution in [2.45, 2.75) is 59.5 Å². The molecule has 0 saturated carbocycles. The summed E-state index contributed by atoms with van der Waals surface area (Å²) in [4.78, 5) is 26.8. The average Bonchev–Trinajstić information content (AvgIpc) is 3.42. The van der Waals surface area contributed by atoms with Crippen molar-refractivity contribution < 1.29 is 23.5 Å². The molecule has 2 aromatic heterocycles. The van der Waals surface area contributed by atoms with E-state index in [1.54, 1.807) is 12.1 Å². The maximum atomic E-state index is 12.9. The topological polar surface area (TPSA) is 77.8 Å². The van der Waals surface area contributed by atoms with Gasteiger partial charge in [-0.1, -0.05) is 19.1 Å². The van der Waals surface area contributed by atoms with Crippen LogP contribution in [0, 0.1) is 13.8 Å². The third kappa shape index (κ3) is 5.30. The van der Waals surface area contributed by atoms with Gasteiger partial charge in [0.1, 0.15) is 23.1 Å². The number of rotatable bonds is 8. The molecule has 0 fully saturated rings. The number of anilines is 1. The summed E-state index contributed by atoms with van der Waals surface area (Å²) in [6, 6.07) is 9.38. The molecule has 3 aromatic rings. The van der Waals surface area contributed by atoms with Gasteiger partial charge in [-0.15, -0.1) is 11.3 Å². The number of carbonyl (C=O) groups excluding carboxylic acids is 2. The maximum absolute atomic E-state index is 12.9. The molecular formula is C26H29NO5S. The maximum Gasteiger partial charge on any atom is 0.341 e. The summed E-state index contributed by atoms with van der Waals surface area (Å²) in [6.45, 7) is 6.53. The second-order valence-electron chi connectivity index (χ2n) is 8.33. The number of thiophene rings is 1. The number of esters is 1. The summed E-state index contributed by atoms with van der Waals surface area (Å²) in [5.41, 5.74) is 3.67. The Balaban J connectivity index is 1.47. The van der Waals surface area contributed by atoms with E-state index in [1.807, 2.05) is 39.0 Å². The van der Waals surface area contributed by atoms with E-state index >= 15 is 0 Å². The molecule has 33 heavy (non-hydrogen) atoms. The number of carbonyl (C=O) groups is 2. The van der Waals surface area contributed by atoms with Gasteiger partial charge in [0.2, 0.25) is 0 Å². The molecule has 0 radical (unpaired) electrons. The summed E-state index contributed by atoms with van der Waals surface area (Å²) in [5.74, 6) is 0.754. The van der Waals surface area contributed by atoms with Crippen LogP contribution in [-0.4, -0.2) is 18.5 Å². The quantitative estimate of drug-likeness (QED) is 0.397. The molecular weight excluding hydrogens is 438 g/mol. The van der Waals surface area contributed by atoms with Crippen molar-refractivity contribution in [3.05, 3.63) is 69.0 Å². The first-order valence-corrected chi connectivity index (χ1v) is 12.2. The first-order chi connectivity index (χ1) is 16.0. The van der Waals surface area contributed by atoms with Crippen LogP contribution in [0.1, 0.15) is 74.4 Å². The Bertz CT molecular complexity index is 1160. The molecule has 174 valence electrons. The van der Waals surface area contributed by atoms with Crippen molar-refractivity contribution in [1.29, 1.82) is 0 Å². The third-order valence-corrected chi connectivity index (χ3v) is 6.85. The van der Waals surface area contributed by atoms with Crippen molar-refractivity contribution in [1.82, 2.24) is 0 Å². The minimum Gasteiger partial charge on any atom is -0.485 e. The lowest BCUT2D eigenvalue weighted by molar-refractivity contribution is 0.0505. The Morgan fingerprint density at radius 3 is 2.76 bits per heavy atom. The van der Waals surface area contributed by atoms with Crippen LogP contribution in [0.2, 0.25) is 0 Å². The van der Waals surface area contributed by atoms with Gasteiger partial charge in [0.15, 0.2) is 5.76 Å². The van der Waals surface area contributed by atoms with Gasteiger partial charge >= 0.3 is 5.97 Å². The van der Waals surface area contributed by atoms with Crippen LogP contribution < -0.4 is 10.1 Å². The van der Waals surface area contributed by atoms with Crippen LogP contribution in [0.5, 0.6) is 5.75 Å². The van der Waals surface area contributed by atoms with Gasteiger partial charge in [0.05, 0.1) is 12.2 Å². The molecule has 0 unspecified atom stereocenters. The van der Waals surface area contributed by atoms with Gasteiger partial charge in [-0.2, -0.15) is 0 Å². The minimum absolute atomic E-state index is 0.175.